The Hall–Kier alpha value is -2.46. The standard InChI is InChI=1S/C19H21N3O/c1-14-7-6-10-17-18(14)21-15(2)22(19(17)23)12-11-20-13-16-8-4-3-5-9-16/h3-10,20H,11-13H2,1-2H3. The molecule has 0 fully saturated rings. The molecule has 0 aliphatic heterocycles. The first-order valence-corrected chi connectivity index (χ1v) is 7.88. The van der Waals surface area contributed by atoms with Crippen LogP contribution in [0.25, 0.3) is 10.9 Å². The molecule has 1 N–H and O–H groups in total. The minimum atomic E-state index is 0.0395. The molecule has 1 heterocycles. The SMILES string of the molecule is Cc1cccc2c(=O)n(CCNCc3ccccc3)c(C)nc12. The van der Waals surface area contributed by atoms with Gasteiger partial charge in [-0.25, -0.2) is 4.98 Å². The minimum absolute atomic E-state index is 0.0395. The Kier molecular flexibility index (Phi) is 4.53. The lowest BCUT2D eigenvalue weighted by Gasteiger charge is -2.12. The lowest BCUT2D eigenvalue weighted by atomic mass is 10.1. The van der Waals surface area contributed by atoms with E-state index in [1.807, 2.05) is 50.2 Å². The predicted octanol–water partition coefficient (Wildman–Crippen LogP) is 2.80. The fraction of sp³-hybridized carbons (Fsp3) is 0.263. The first-order valence-electron chi connectivity index (χ1n) is 7.88. The number of hydrogen-bond donors (Lipinski definition) is 1. The summed E-state index contributed by atoms with van der Waals surface area (Å²) in [7, 11) is 0. The van der Waals surface area contributed by atoms with Crippen LogP contribution in [-0.4, -0.2) is 16.1 Å². The summed E-state index contributed by atoms with van der Waals surface area (Å²) in [6.07, 6.45) is 0. The molecule has 0 unspecified atom stereocenters. The Labute approximate surface area is 135 Å². The Morgan fingerprint density at radius 3 is 2.61 bits per heavy atom. The van der Waals surface area contributed by atoms with Crippen molar-refractivity contribution in [3.63, 3.8) is 0 Å². The molecule has 0 saturated heterocycles. The van der Waals surface area contributed by atoms with Crippen molar-refractivity contribution in [3.05, 3.63) is 75.8 Å². The van der Waals surface area contributed by atoms with E-state index in [1.165, 1.54) is 5.56 Å². The van der Waals surface area contributed by atoms with Gasteiger partial charge in [-0.3, -0.25) is 9.36 Å². The zero-order valence-electron chi connectivity index (χ0n) is 13.5. The summed E-state index contributed by atoms with van der Waals surface area (Å²) in [6.45, 7) is 6.03. The predicted molar refractivity (Wildman–Crippen MR) is 93.6 cm³/mol. The number of benzene rings is 2. The first-order chi connectivity index (χ1) is 11.2. The molecule has 118 valence electrons. The van der Waals surface area contributed by atoms with E-state index >= 15 is 0 Å². The molecule has 23 heavy (non-hydrogen) atoms. The van der Waals surface area contributed by atoms with Gasteiger partial charge in [0.25, 0.3) is 5.56 Å². The highest BCUT2D eigenvalue weighted by molar-refractivity contribution is 5.80. The zero-order valence-corrected chi connectivity index (χ0v) is 13.5. The largest absolute Gasteiger partial charge is 0.311 e. The highest BCUT2D eigenvalue weighted by Crippen LogP contribution is 2.12. The van der Waals surface area contributed by atoms with Gasteiger partial charge in [0.15, 0.2) is 0 Å². The van der Waals surface area contributed by atoms with Gasteiger partial charge in [0.1, 0.15) is 5.82 Å². The van der Waals surface area contributed by atoms with Crippen LogP contribution in [-0.2, 0) is 13.1 Å². The van der Waals surface area contributed by atoms with E-state index in [0.717, 1.165) is 30.0 Å². The van der Waals surface area contributed by atoms with Gasteiger partial charge in [-0.2, -0.15) is 0 Å². The monoisotopic (exact) mass is 307 g/mol. The van der Waals surface area contributed by atoms with E-state index in [4.69, 9.17) is 0 Å². The van der Waals surface area contributed by atoms with Gasteiger partial charge in [0.05, 0.1) is 10.9 Å². The van der Waals surface area contributed by atoms with Gasteiger partial charge in [-0.15, -0.1) is 0 Å². The third-order valence-corrected chi connectivity index (χ3v) is 4.06. The van der Waals surface area contributed by atoms with Crippen molar-refractivity contribution in [2.45, 2.75) is 26.9 Å². The molecular weight excluding hydrogens is 286 g/mol. The van der Waals surface area contributed by atoms with Crippen LogP contribution in [0, 0.1) is 13.8 Å². The Morgan fingerprint density at radius 1 is 1.04 bits per heavy atom. The number of para-hydroxylation sites is 1. The summed E-state index contributed by atoms with van der Waals surface area (Å²) >= 11 is 0. The lowest BCUT2D eigenvalue weighted by molar-refractivity contribution is 0.570. The van der Waals surface area contributed by atoms with E-state index in [1.54, 1.807) is 4.57 Å². The van der Waals surface area contributed by atoms with Crippen molar-refractivity contribution in [2.24, 2.45) is 0 Å². The molecule has 2 aromatic carbocycles. The van der Waals surface area contributed by atoms with Crippen molar-refractivity contribution in [3.8, 4) is 0 Å². The molecule has 0 amide bonds. The maximum Gasteiger partial charge on any atom is 0.261 e. The average molecular weight is 307 g/mol. The second-order valence-corrected chi connectivity index (χ2v) is 5.75. The molecule has 0 saturated carbocycles. The average Bonchev–Trinajstić information content (AvgIpc) is 2.56. The molecule has 3 rings (SSSR count). The van der Waals surface area contributed by atoms with E-state index in [0.29, 0.717) is 11.9 Å². The van der Waals surface area contributed by atoms with E-state index in [9.17, 15) is 4.79 Å². The molecule has 0 aliphatic carbocycles. The second kappa shape index (κ2) is 6.75. The normalized spacial score (nSPS) is 11.0. The molecule has 0 aliphatic rings. The topological polar surface area (TPSA) is 46.9 Å². The molecular formula is C19H21N3O. The molecule has 1 aromatic heterocycles. The zero-order chi connectivity index (χ0) is 16.2. The molecule has 3 aromatic rings. The third kappa shape index (κ3) is 3.32. The fourth-order valence-electron chi connectivity index (χ4n) is 2.78. The number of hydrogen-bond acceptors (Lipinski definition) is 3. The van der Waals surface area contributed by atoms with Gasteiger partial charge >= 0.3 is 0 Å². The van der Waals surface area contributed by atoms with Gasteiger partial charge < -0.3 is 5.32 Å². The molecule has 0 bridgehead atoms. The van der Waals surface area contributed by atoms with Crippen LogP contribution >= 0.6 is 0 Å². The van der Waals surface area contributed by atoms with Crippen LogP contribution < -0.4 is 10.9 Å². The van der Waals surface area contributed by atoms with Crippen LogP contribution in [0.1, 0.15) is 17.0 Å². The van der Waals surface area contributed by atoms with Crippen molar-refractivity contribution >= 4 is 10.9 Å². The molecule has 0 radical (unpaired) electrons. The quantitative estimate of drug-likeness (QED) is 0.737. The number of rotatable bonds is 5. The van der Waals surface area contributed by atoms with Crippen LogP contribution in [0.3, 0.4) is 0 Å². The highest BCUT2D eigenvalue weighted by atomic mass is 16.1. The maximum absolute atomic E-state index is 12.7. The molecule has 4 heteroatoms. The summed E-state index contributed by atoms with van der Waals surface area (Å²) in [5.74, 6) is 0.762. The number of aromatic nitrogens is 2. The first kappa shape index (κ1) is 15.4. The number of aryl methyl sites for hydroxylation is 2. The fourth-order valence-corrected chi connectivity index (χ4v) is 2.78. The van der Waals surface area contributed by atoms with Gasteiger partial charge in [-0.05, 0) is 31.0 Å². The van der Waals surface area contributed by atoms with E-state index < -0.39 is 0 Å². The smallest absolute Gasteiger partial charge is 0.261 e. The Balaban J connectivity index is 1.74. The molecule has 4 nitrogen and oxygen atoms in total. The van der Waals surface area contributed by atoms with Crippen molar-refractivity contribution in [1.29, 1.82) is 0 Å². The number of nitrogens with zero attached hydrogens (tertiary/aromatic N) is 2. The summed E-state index contributed by atoms with van der Waals surface area (Å²) in [6, 6.07) is 16.0. The minimum Gasteiger partial charge on any atom is -0.311 e. The summed E-state index contributed by atoms with van der Waals surface area (Å²) in [5, 5.41) is 4.07. The summed E-state index contributed by atoms with van der Waals surface area (Å²) < 4.78 is 1.75. The van der Waals surface area contributed by atoms with Gasteiger partial charge in [-0.1, -0.05) is 42.5 Å². The summed E-state index contributed by atoms with van der Waals surface area (Å²) in [4.78, 5) is 17.3. The number of fused-ring (bicyclic) bond motifs is 1. The molecule has 0 spiro atoms. The van der Waals surface area contributed by atoms with Crippen molar-refractivity contribution in [1.82, 2.24) is 14.9 Å². The van der Waals surface area contributed by atoms with Crippen LogP contribution in [0.5, 0.6) is 0 Å². The van der Waals surface area contributed by atoms with Crippen LogP contribution in [0.4, 0.5) is 0 Å². The Bertz CT molecular complexity index is 869. The summed E-state index contributed by atoms with van der Waals surface area (Å²) in [5.41, 5.74) is 3.13. The van der Waals surface area contributed by atoms with Gasteiger partial charge in [0.2, 0.25) is 0 Å². The lowest BCUT2D eigenvalue weighted by Crippen LogP contribution is -2.29. The third-order valence-electron chi connectivity index (χ3n) is 4.06. The van der Waals surface area contributed by atoms with Gasteiger partial charge in [0, 0.05) is 19.6 Å². The second-order valence-electron chi connectivity index (χ2n) is 5.75. The number of nitrogens with one attached hydrogen (secondary N) is 1. The van der Waals surface area contributed by atoms with Crippen LogP contribution in [0.2, 0.25) is 0 Å². The van der Waals surface area contributed by atoms with Crippen LogP contribution in [0.15, 0.2) is 53.3 Å². The van der Waals surface area contributed by atoms with E-state index in [-0.39, 0.29) is 5.56 Å². The molecule has 0 atom stereocenters. The highest BCUT2D eigenvalue weighted by Gasteiger charge is 2.09. The van der Waals surface area contributed by atoms with Crippen molar-refractivity contribution < 1.29 is 0 Å². The maximum atomic E-state index is 12.7. The van der Waals surface area contributed by atoms with E-state index in [2.05, 4.69) is 22.4 Å². The van der Waals surface area contributed by atoms with Crippen molar-refractivity contribution in [2.75, 3.05) is 6.54 Å². The Morgan fingerprint density at radius 2 is 1.83 bits per heavy atom.